The Bertz CT molecular complexity index is 433. The van der Waals surface area contributed by atoms with Crippen LogP contribution >= 0.6 is 0 Å². The maximum atomic E-state index is 5.18. The fraction of sp³-hybridized carbons (Fsp3) is 0.214. The SMILES string of the molecule is C=NC(C)c1ccccc1OC.c1cnccn1. The van der Waals surface area contributed by atoms with Crippen molar-refractivity contribution < 1.29 is 4.74 Å². The number of methoxy groups -OCH3 is 1. The number of para-hydroxylation sites is 1. The maximum Gasteiger partial charge on any atom is 0.124 e. The number of aromatic nitrogens is 2. The highest BCUT2D eigenvalue weighted by Gasteiger charge is 2.06. The maximum absolute atomic E-state index is 5.18. The molecule has 0 spiro atoms. The molecule has 1 aromatic carbocycles. The van der Waals surface area contributed by atoms with Crippen molar-refractivity contribution in [2.75, 3.05) is 7.11 Å². The van der Waals surface area contributed by atoms with Gasteiger partial charge < -0.3 is 4.74 Å². The lowest BCUT2D eigenvalue weighted by molar-refractivity contribution is 0.407. The molecule has 4 heteroatoms. The van der Waals surface area contributed by atoms with Gasteiger partial charge in [0.15, 0.2) is 0 Å². The molecular formula is C14H17N3O. The van der Waals surface area contributed by atoms with E-state index >= 15 is 0 Å². The number of aliphatic imine (C=N–C) groups is 1. The molecule has 0 bridgehead atoms. The third-order valence-corrected chi connectivity index (χ3v) is 2.34. The standard InChI is InChI=1S/C10H13NO.C4H4N2/c1-8(11-2)9-6-4-5-7-10(9)12-3;1-2-6-4-3-5-1/h4-8H,2H2,1,3H3;1-4H. The average molecular weight is 243 g/mol. The van der Waals surface area contributed by atoms with Crippen LogP contribution < -0.4 is 4.74 Å². The van der Waals surface area contributed by atoms with Crippen molar-refractivity contribution in [2.45, 2.75) is 13.0 Å². The molecule has 1 atom stereocenters. The minimum Gasteiger partial charge on any atom is -0.496 e. The van der Waals surface area contributed by atoms with E-state index in [9.17, 15) is 0 Å². The number of hydrogen-bond acceptors (Lipinski definition) is 4. The summed E-state index contributed by atoms with van der Waals surface area (Å²) < 4.78 is 5.18. The second kappa shape index (κ2) is 7.95. The number of rotatable bonds is 3. The molecule has 0 amide bonds. The molecule has 18 heavy (non-hydrogen) atoms. The van der Waals surface area contributed by atoms with Crippen LogP contribution in [0.25, 0.3) is 0 Å². The van der Waals surface area contributed by atoms with Gasteiger partial charge in [-0.05, 0) is 19.7 Å². The number of hydrogen-bond donors (Lipinski definition) is 0. The Hall–Kier alpha value is -2.23. The largest absolute Gasteiger partial charge is 0.496 e. The summed E-state index contributed by atoms with van der Waals surface area (Å²) in [6, 6.07) is 7.94. The van der Waals surface area contributed by atoms with E-state index < -0.39 is 0 Å². The van der Waals surface area contributed by atoms with Crippen molar-refractivity contribution in [1.29, 1.82) is 0 Å². The Morgan fingerprint density at radius 2 is 1.67 bits per heavy atom. The van der Waals surface area contributed by atoms with E-state index in [1.165, 1.54) is 0 Å². The molecule has 2 aromatic rings. The van der Waals surface area contributed by atoms with Crippen LogP contribution in [0.5, 0.6) is 5.75 Å². The van der Waals surface area contributed by atoms with Crippen LogP contribution in [0, 0.1) is 0 Å². The summed E-state index contributed by atoms with van der Waals surface area (Å²) in [5.41, 5.74) is 1.08. The molecule has 4 nitrogen and oxygen atoms in total. The topological polar surface area (TPSA) is 47.4 Å². The normalized spacial score (nSPS) is 10.8. The summed E-state index contributed by atoms with van der Waals surface area (Å²) in [5, 5.41) is 0. The molecule has 2 rings (SSSR count). The summed E-state index contributed by atoms with van der Waals surface area (Å²) in [6.07, 6.45) is 6.56. The predicted octanol–water partition coefficient (Wildman–Crippen LogP) is 2.93. The predicted molar refractivity (Wildman–Crippen MR) is 73.0 cm³/mol. The molecule has 0 fully saturated rings. The van der Waals surface area contributed by atoms with E-state index in [-0.39, 0.29) is 6.04 Å². The first-order valence-electron chi connectivity index (χ1n) is 5.58. The molecule has 1 unspecified atom stereocenters. The van der Waals surface area contributed by atoms with E-state index in [1.807, 2.05) is 31.2 Å². The molecule has 0 aliphatic heterocycles. The van der Waals surface area contributed by atoms with Crippen LogP contribution in [-0.4, -0.2) is 23.8 Å². The van der Waals surface area contributed by atoms with Gasteiger partial charge in [-0.25, -0.2) is 0 Å². The van der Waals surface area contributed by atoms with Gasteiger partial charge in [-0.3, -0.25) is 15.0 Å². The first-order valence-corrected chi connectivity index (χ1v) is 5.58. The molecule has 0 radical (unpaired) electrons. The highest BCUT2D eigenvalue weighted by Crippen LogP contribution is 2.26. The van der Waals surface area contributed by atoms with Crippen LogP contribution in [-0.2, 0) is 0 Å². The van der Waals surface area contributed by atoms with Crippen molar-refractivity contribution in [1.82, 2.24) is 9.97 Å². The van der Waals surface area contributed by atoms with E-state index in [0.717, 1.165) is 11.3 Å². The zero-order chi connectivity index (χ0) is 13.2. The summed E-state index contributed by atoms with van der Waals surface area (Å²) in [7, 11) is 1.66. The van der Waals surface area contributed by atoms with Crippen LogP contribution in [0.15, 0.2) is 54.0 Å². The third-order valence-electron chi connectivity index (χ3n) is 2.34. The third kappa shape index (κ3) is 4.33. The summed E-state index contributed by atoms with van der Waals surface area (Å²) >= 11 is 0. The van der Waals surface area contributed by atoms with Gasteiger partial charge in [-0.2, -0.15) is 0 Å². The fourth-order valence-corrected chi connectivity index (χ4v) is 1.36. The minimum absolute atomic E-state index is 0.0983. The zero-order valence-electron chi connectivity index (χ0n) is 10.7. The second-order valence-electron chi connectivity index (χ2n) is 3.49. The Balaban J connectivity index is 0.000000225. The first kappa shape index (κ1) is 13.8. The first-order chi connectivity index (χ1) is 8.79. The summed E-state index contributed by atoms with van der Waals surface area (Å²) in [5.74, 6) is 0.873. The Labute approximate surface area is 107 Å². The highest BCUT2D eigenvalue weighted by molar-refractivity contribution is 5.37. The number of ether oxygens (including phenoxy) is 1. The smallest absolute Gasteiger partial charge is 0.124 e. The van der Waals surface area contributed by atoms with Gasteiger partial charge in [0.2, 0.25) is 0 Å². The Morgan fingerprint density at radius 1 is 1.11 bits per heavy atom. The Kier molecular flexibility index (Phi) is 6.11. The molecule has 94 valence electrons. The summed E-state index contributed by atoms with van der Waals surface area (Å²) in [4.78, 5) is 11.4. The molecule has 0 N–H and O–H groups in total. The lowest BCUT2D eigenvalue weighted by atomic mass is 10.1. The average Bonchev–Trinajstić information content (AvgIpc) is 2.48. The van der Waals surface area contributed by atoms with Gasteiger partial charge in [-0.1, -0.05) is 18.2 Å². The van der Waals surface area contributed by atoms with E-state index in [0.29, 0.717) is 0 Å². The molecule has 1 aromatic heterocycles. The lowest BCUT2D eigenvalue weighted by Gasteiger charge is -2.10. The van der Waals surface area contributed by atoms with Crippen LogP contribution in [0.3, 0.4) is 0 Å². The number of nitrogens with zero attached hydrogens (tertiary/aromatic N) is 3. The van der Waals surface area contributed by atoms with Crippen molar-refractivity contribution in [3.8, 4) is 5.75 Å². The van der Waals surface area contributed by atoms with Gasteiger partial charge in [0.05, 0.1) is 13.2 Å². The monoisotopic (exact) mass is 243 g/mol. The molecular weight excluding hydrogens is 226 g/mol. The van der Waals surface area contributed by atoms with Gasteiger partial charge >= 0.3 is 0 Å². The van der Waals surface area contributed by atoms with E-state index in [4.69, 9.17) is 4.74 Å². The van der Waals surface area contributed by atoms with Crippen LogP contribution in [0.4, 0.5) is 0 Å². The van der Waals surface area contributed by atoms with Gasteiger partial charge in [0.25, 0.3) is 0 Å². The fourth-order valence-electron chi connectivity index (χ4n) is 1.36. The van der Waals surface area contributed by atoms with E-state index in [2.05, 4.69) is 21.7 Å². The quantitative estimate of drug-likeness (QED) is 0.779. The van der Waals surface area contributed by atoms with E-state index in [1.54, 1.807) is 31.9 Å². The molecule has 0 aliphatic rings. The van der Waals surface area contributed by atoms with Crippen molar-refractivity contribution in [3.63, 3.8) is 0 Å². The molecule has 0 aliphatic carbocycles. The van der Waals surface area contributed by atoms with Crippen LogP contribution in [0.1, 0.15) is 18.5 Å². The lowest BCUT2D eigenvalue weighted by Crippen LogP contribution is -1.93. The highest BCUT2D eigenvalue weighted by atomic mass is 16.5. The van der Waals surface area contributed by atoms with Gasteiger partial charge in [-0.15, -0.1) is 0 Å². The van der Waals surface area contributed by atoms with Crippen molar-refractivity contribution >= 4 is 6.72 Å². The molecule has 1 heterocycles. The van der Waals surface area contributed by atoms with Crippen molar-refractivity contribution in [3.05, 3.63) is 54.6 Å². The minimum atomic E-state index is 0.0983. The second-order valence-corrected chi connectivity index (χ2v) is 3.49. The van der Waals surface area contributed by atoms with Gasteiger partial charge in [0.1, 0.15) is 5.75 Å². The van der Waals surface area contributed by atoms with Crippen LogP contribution in [0.2, 0.25) is 0 Å². The Morgan fingerprint density at radius 3 is 2.11 bits per heavy atom. The summed E-state index contributed by atoms with van der Waals surface area (Å²) in [6.45, 7) is 5.50. The molecule has 0 saturated heterocycles. The van der Waals surface area contributed by atoms with Crippen molar-refractivity contribution in [2.24, 2.45) is 4.99 Å². The molecule has 0 saturated carbocycles. The zero-order valence-corrected chi connectivity index (χ0v) is 10.7. The van der Waals surface area contributed by atoms with Gasteiger partial charge in [0, 0.05) is 30.4 Å². The number of benzene rings is 1.